The first-order chi connectivity index (χ1) is 15.2. The fraction of sp³-hybridized carbons (Fsp3) is 0.600. The lowest BCUT2D eigenvalue weighted by Crippen LogP contribution is -2.19. The van der Waals surface area contributed by atoms with Gasteiger partial charge in [-0.2, -0.15) is 5.10 Å². The molecule has 1 saturated carbocycles. The molecule has 1 aliphatic rings. The van der Waals surface area contributed by atoms with E-state index in [1.165, 1.54) is 17.8 Å². The summed E-state index contributed by atoms with van der Waals surface area (Å²) in [5.41, 5.74) is 1.13. The van der Waals surface area contributed by atoms with Crippen LogP contribution in [-0.2, 0) is 16.6 Å². The Bertz CT molecular complexity index is 870. The van der Waals surface area contributed by atoms with Gasteiger partial charge >= 0.3 is 0 Å². The Morgan fingerprint density at radius 2 is 2.12 bits per heavy atom. The molecule has 1 fully saturated rings. The Morgan fingerprint density at radius 3 is 2.69 bits per heavy atom. The first-order valence-corrected chi connectivity index (χ1v) is 10.3. The predicted molar refractivity (Wildman–Crippen MR) is 113 cm³/mol. The number of hydrogen-bond acceptors (Lipinski definition) is 6. The van der Waals surface area contributed by atoms with Crippen LogP contribution in [0.25, 0.3) is 0 Å². The van der Waals surface area contributed by atoms with Crippen LogP contribution in [0.2, 0.25) is 0 Å². The zero-order valence-corrected chi connectivity index (χ0v) is 18.6. The van der Waals surface area contributed by atoms with Crippen LogP contribution in [0.3, 0.4) is 0 Å². The second-order valence-electron chi connectivity index (χ2n) is 7.66. The summed E-state index contributed by atoms with van der Waals surface area (Å²) in [6.07, 6.45) is 1.26. The highest BCUT2D eigenvalue weighted by atomic mass is 19.3. The average Bonchev–Trinajstić information content (AvgIpc) is 3.46. The van der Waals surface area contributed by atoms with Gasteiger partial charge in [-0.25, -0.2) is 8.78 Å². The van der Waals surface area contributed by atoms with Gasteiger partial charge in [-0.05, 0) is 33.1 Å². The van der Waals surface area contributed by atoms with E-state index in [2.05, 4.69) is 25.9 Å². The molecule has 178 valence electrons. The molecule has 0 bridgehead atoms. The fourth-order valence-corrected chi connectivity index (χ4v) is 3.24. The monoisotopic (exact) mass is 456 g/mol. The van der Waals surface area contributed by atoms with Gasteiger partial charge in [-0.15, -0.1) is 5.10 Å². The zero-order valence-electron chi connectivity index (χ0n) is 18.6. The van der Waals surface area contributed by atoms with Crippen LogP contribution in [0, 0.1) is 0 Å². The summed E-state index contributed by atoms with van der Waals surface area (Å²) >= 11 is 0. The molecule has 32 heavy (non-hydrogen) atoms. The summed E-state index contributed by atoms with van der Waals surface area (Å²) in [4.78, 5) is 21.9. The van der Waals surface area contributed by atoms with Crippen molar-refractivity contribution in [3.05, 3.63) is 23.5 Å². The summed E-state index contributed by atoms with van der Waals surface area (Å²) in [5.74, 6) is 0.231. The maximum absolute atomic E-state index is 12.4. The second kappa shape index (κ2) is 12.1. The quantitative estimate of drug-likeness (QED) is 0.498. The number of alkyl halides is 2. The molecule has 0 radical (unpaired) electrons. The smallest absolute Gasteiger partial charge is 0.275 e. The van der Waals surface area contributed by atoms with Crippen LogP contribution in [0.1, 0.15) is 55.2 Å². The van der Waals surface area contributed by atoms with Crippen molar-refractivity contribution in [2.75, 3.05) is 19.0 Å². The summed E-state index contributed by atoms with van der Waals surface area (Å²) in [6, 6.07) is 3.39. The number of anilines is 1. The van der Waals surface area contributed by atoms with Gasteiger partial charge < -0.3 is 20.1 Å². The van der Waals surface area contributed by atoms with E-state index in [4.69, 9.17) is 9.47 Å². The van der Waals surface area contributed by atoms with Crippen molar-refractivity contribution in [2.24, 2.45) is 7.05 Å². The summed E-state index contributed by atoms with van der Waals surface area (Å²) < 4.78 is 35.8. The van der Waals surface area contributed by atoms with E-state index in [1.54, 1.807) is 13.2 Å². The molecule has 2 unspecified atom stereocenters. The number of methoxy groups -OCH3 is 1. The number of carbonyl (C=O) groups excluding carboxylic acids is 2. The third-order valence-corrected chi connectivity index (χ3v) is 4.85. The zero-order chi connectivity index (χ0) is 23.7. The Balaban J connectivity index is 0.000000534. The van der Waals surface area contributed by atoms with Gasteiger partial charge in [0.05, 0.1) is 6.10 Å². The number of carbonyl (C=O) groups is 2. The van der Waals surface area contributed by atoms with Gasteiger partial charge in [0, 0.05) is 43.9 Å². The highest BCUT2D eigenvalue weighted by Gasteiger charge is 2.27. The minimum absolute atomic E-state index is 0.0303. The van der Waals surface area contributed by atoms with Crippen LogP contribution in [0.5, 0.6) is 5.88 Å². The maximum Gasteiger partial charge on any atom is 0.275 e. The molecular weight excluding hydrogens is 426 g/mol. The Morgan fingerprint density at radius 1 is 1.38 bits per heavy atom. The first kappa shape index (κ1) is 25.2. The molecule has 10 nitrogen and oxygen atoms in total. The molecule has 0 aliphatic heterocycles. The molecule has 2 atom stereocenters. The Hall–Kier alpha value is -3.02. The first-order valence-electron chi connectivity index (χ1n) is 10.3. The molecule has 2 amide bonds. The number of nitrogens with zero attached hydrogens (tertiary/aromatic N) is 3. The minimum Gasteiger partial charge on any atom is -0.471 e. The van der Waals surface area contributed by atoms with Crippen molar-refractivity contribution in [1.29, 1.82) is 0 Å². The molecule has 0 spiro atoms. The van der Waals surface area contributed by atoms with Gasteiger partial charge in [0.1, 0.15) is 5.69 Å². The predicted octanol–water partition coefficient (Wildman–Crippen LogP) is 2.46. The van der Waals surface area contributed by atoms with Gasteiger partial charge in [0.2, 0.25) is 12.3 Å². The number of aromatic nitrogens is 4. The number of nitrogens with one attached hydrogen (secondary N) is 3. The lowest BCUT2D eigenvalue weighted by molar-refractivity contribution is -0.109. The van der Waals surface area contributed by atoms with Crippen LogP contribution >= 0.6 is 0 Å². The second-order valence-corrected chi connectivity index (χ2v) is 7.66. The van der Waals surface area contributed by atoms with E-state index in [9.17, 15) is 18.4 Å². The van der Waals surface area contributed by atoms with Crippen LogP contribution < -0.4 is 15.4 Å². The van der Waals surface area contributed by atoms with Crippen molar-refractivity contribution in [3.63, 3.8) is 0 Å². The van der Waals surface area contributed by atoms with E-state index in [-0.39, 0.29) is 23.7 Å². The third-order valence-electron chi connectivity index (χ3n) is 4.85. The largest absolute Gasteiger partial charge is 0.471 e. The number of amides is 2. The van der Waals surface area contributed by atoms with Gasteiger partial charge in [0.15, 0.2) is 12.4 Å². The van der Waals surface area contributed by atoms with Gasteiger partial charge in [-0.3, -0.25) is 19.4 Å². The SMILES string of the molecule is CC(C)NC=O.COC1CCC(c2cc(NC(=O)c3cc(OCC(F)F)nn3C)n[nH]2)C1. The molecule has 12 heteroatoms. The van der Waals surface area contributed by atoms with Crippen molar-refractivity contribution in [2.45, 2.75) is 57.6 Å². The number of ether oxygens (including phenoxy) is 2. The topological polar surface area (TPSA) is 123 Å². The van der Waals surface area contributed by atoms with E-state index in [1.807, 2.05) is 13.8 Å². The molecule has 0 saturated heterocycles. The third kappa shape index (κ3) is 7.59. The molecule has 3 rings (SSSR count). The normalized spacial score (nSPS) is 17.8. The molecular formula is C20H30F2N6O4. The van der Waals surface area contributed by atoms with Gasteiger partial charge in [0.25, 0.3) is 12.3 Å². The molecule has 2 aromatic rings. The average molecular weight is 456 g/mol. The Kier molecular flexibility index (Phi) is 9.57. The molecule has 2 aromatic heterocycles. The minimum atomic E-state index is -2.61. The highest BCUT2D eigenvalue weighted by Crippen LogP contribution is 2.35. The standard InChI is InChI=1S/C16H21F2N5O3.C4H9NO/c1-23-12(7-15(22-23)26-8-13(17)18)16(24)19-14-6-11(20-21-14)9-3-4-10(5-9)25-2;1-4(2)5-3-6/h6-7,9-10,13H,3-5,8H2,1-2H3,(H2,19,20,21,24);3-4H,1-2H3,(H,5,6). The van der Waals surface area contributed by atoms with Crippen LogP contribution in [0.4, 0.5) is 14.6 Å². The van der Waals surface area contributed by atoms with E-state index >= 15 is 0 Å². The number of halogens is 2. The van der Waals surface area contributed by atoms with Gasteiger partial charge in [-0.1, -0.05) is 0 Å². The lowest BCUT2D eigenvalue weighted by Gasteiger charge is -2.07. The summed E-state index contributed by atoms with van der Waals surface area (Å²) in [6.45, 7) is 3.05. The molecule has 2 heterocycles. The highest BCUT2D eigenvalue weighted by molar-refractivity contribution is 6.02. The van der Waals surface area contributed by atoms with E-state index in [0.717, 1.165) is 25.0 Å². The number of aromatic amines is 1. The summed E-state index contributed by atoms with van der Waals surface area (Å²) in [5, 5.41) is 16.2. The van der Waals surface area contributed by atoms with E-state index in [0.29, 0.717) is 18.1 Å². The molecule has 0 aromatic carbocycles. The maximum atomic E-state index is 12.4. The number of hydrogen-bond donors (Lipinski definition) is 3. The van der Waals surface area contributed by atoms with Crippen LogP contribution in [0.15, 0.2) is 12.1 Å². The molecule has 3 N–H and O–H groups in total. The Labute approximate surface area is 185 Å². The number of aryl methyl sites for hydroxylation is 1. The fourth-order valence-electron chi connectivity index (χ4n) is 3.24. The van der Waals surface area contributed by atoms with Crippen molar-refractivity contribution >= 4 is 18.1 Å². The number of rotatable bonds is 9. The lowest BCUT2D eigenvalue weighted by atomic mass is 10.0. The van der Waals surface area contributed by atoms with Crippen LogP contribution in [-0.4, -0.2) is 64.6 Å². The summed E-state index contributed by atoms with van der Waals surface area (Å²) in [7, 11) is 3.24. The van der Waals surface area contributed by atoms with Crippen molar-refractivity contribution in [3.8, 4) is 5.88 Å². The molecule has 1 aliphatic carbocycles. The van der Waals surface area contributed by atoms with Crippen molar-refractivity contribution in [1.82, 2.24) is 25.3 Å². The van der Waals surface area contributed by atoms with Crippen molar-refractivity contribution < 1.29 is 27.8 Å². The number of H-pyrrole nitrogens is 1. The van der Waals surface area contributed by atoms with E-state index < -0.39 is 18.9 Å².